The van der Waals surface area contributed by atoms with Crippen molar-refractivity contribution in [1.82, 2.24) is 14.4 Å². The molecular formula is C21H15N3O2S. The number of fused-ring (bicyclic) bond motifs is 4. The summed E-state index contributed by atoms with van der Waals surface area (Å²) in [6.45, 7) is 4.05. The number of nitrogens with zero attached hydrogens (tertiary/aromatic N) is 2. The zero-order valence-corrected chi connectivity index (χ0v) is 15.6. The first-order chi connectivity index (χ1) is 13.0. The Balaban J connectivity index is 1.79. The van der Waals surface area contributed by atoms with Gasteiger partial charge in [0.1, 0.15) is 0 Å². The van der Waals surface area contributed by atoms with E-state index in [9.17, 15) is 9.59 Å². The lowest BCUT2D eigenvalue weighted by molar-refractivity contribution is 1.18. The molecule has 2 aromatic carbocycles. The highest BCUT2D eigenvalue weighted by molar-refractivity contribution is 7.15. The number of aromatic amines is 1. The molecule has 5 aromatic rings. The molecule has 3 aromatic heterocycles. The summed E-state index contributed by atoms with van der Waals surface area (Å²) in [6.07, 6.45) is 1.65. The van der Waals surface area contributed by atoms with Crippen molar-refractivity contribution in [3.8, 4) is 0 Å². The summed E-state index contributed by atoms with van der Waals surface area (Å²) >= 11 is 1.30. The molecule has 0 unspecified atom stereocenters. The molecule has 0 aliphatic heterocycles. The van der Waals surface area contributed by atoms with Crippen LogP contribution in [-0.4, -0.2) is 14.4 Å². The number of rotatable bonds is 1. The monoisotopic (exact) mass is 373 g/mol. The molecule has 0 amide bonds. The van der Waals surface area contributed by atoms with E-state index in [0.717, 1.165) is 33.1 Å². The van der Waals surface area contributed by atoms with Gasteiger partial charge < -0.3 is 4.98 Å². The molecule has 0 atom stereocenters. The number of hydrogen-bond donors (Lipinski definition) is 1. The van der Waals surface area contributed by atoms with Crippen LogP contribution in [0.25, 0.3) is 33.0 Å². The molecule has 27 heavy (non-hydrogen) atoms. The van der Waals surface area contributed by atoms with Gasteiger partial charge in [0, 0.05) is 11.1 Å². The summed E-state index contributed by atoms with van der Waals surface area (Å²) in [5.74, 6) is 0. The van der Waals surface area contributed by atoms with Crippen LogP contribution in [0.2, 0.25) is 0 Å². The first-order valence-corrected chi connectivity index (χ1v) is 9.39. The van der Waals surface area contributed by atoms with Crippen LogP contribution in [0.1, 0.15) is 16.7 Å². The van der Waals surface area contributed by atoms with Crippen molar-refractivity contribution in [2.24, 2.45) is 0 Å². The third-order valence-corrected chi connectivity index (χ3v) is 5.89. The second kappa shape index (κ2) is 5.62. The lowest BCUT2D eigenvalue weighted by atomic mass is 10.1. The zero-order chi connectivity index (χ0) is 18.7. The van der Waals surface area contributed by atoms with Crippen LogP contribution in [0.4, 0.5) is 0 Å². The smallest absolute Gasteiger partial charge is 0.274 e. The molecule has 0 radical (unpaired) electrons. The third-order valence-electron chi connectivity index (χ3n) is 4.92. The second-order valence-electron chi connectivity index (χ2n) is 6.71. The van der Waals surface area contributed by atoms with Crippen LogP contribution in [0, 0.1) is 13.8 Å². The Kier molecular flexibility index (Phi) is 3.32. The minimum Gasteiger partial charge on any atom is -0.321 e. The number of benzene rings is 2. The minimum absolute atomic E-state index is 0.145. The van der Waals surface area contributed by atoms with E-state index in [1.54, 1.807) is 10.5 Å². The molecule has 0 aliphatic carbocycles. The van der Waals surface area contributed by atoms with Gasteiger partial charge in [-0.3, -0.25) is 9.59 Å². The first kappa shape index (κ1) is 16.0. The summed E-state index contributed by atoms with van der Waals surface area (Å²) < 4.78 is 2.13. The van der Waals surface area contributed by atoms with Crippen LogP contribution in [0.5, 0.6) is 0 Å². The van der Waals surface area contributed by atoms with Gasteiger partial charge in [-0.2, -0.15) is 0 Å². The Morgan fingerprint density at radius 1 is 1.07 bits per heavy atom. The maximum absolute atomic E-state index is 13.0. The lowest BCUT2D eigenvalue weighted by Crippen LogP contribution is -2.24. The van der Waals surface area contributed by atoms with Gasteiger partial charge in [0.2, 0.25) is 0 Å². The molecular weight excluding hydrogens is 358 g/mol. The summed E-state index contributed by atoms with van der Waals surface area (Å²) in [5.41, 5.74) is 4.77. The van der Waals surface area contributed by atoms with Gasteiger partial charge in [-0.1, -0.05) is 29.5 Å². The Bertz CT molecular complexity index is 1540. The number of H-pyrrole nitrogens is 1. The third kappa shape index (κ3) is 2.41. The van der Waals surface area contributed by atoms with E-state index in [4.69, 9.17) is 0 Å². The highest BCUT2D eigenvalue weighted by atomic mass is 32.1. The number of thiazole rings is 1. The maximum Gasteiger partial charge on any atom is 0.274 e. The van der Waals surface area contributed by atoms with Crippen molar-refractivity contribution in [1.29, 1.82) is 0 Å². The molecule has 6 heteroatoms. The van der Waals surface area contributed by atoms with E-state index < -0.39 is 0 Å². The van der Waals surface area contributed by atoms with Gasteiger partial charge in [0.05, 0.1) is 15.6 Å². The maximum atomic E-state index is 13.0. The zero-order valence-electron chi connectivity index (χ0n) is 14.7. The number of para-hydroxylation sites is 1. The van der Waals surface area contributed by atoms with Crippen LogP contribution < -0.4 is 15.7 Å². The molecule has 5 nitrogen and oxygen atoms in total. The molecule has 5 rings (SSSR count). The minimum atomic E-state index is -0.213. The number of aromatic nitrogens is 3. The number of aryl methyl sites for hydroxylation is 2. The lowest BCUT2D eigenvalue weighted by Gasteiger charge is -1.99. The molecule has 0 fully saturated rings. The first-order valence-electron chi connectivity index (χ1n) is 8.57. The molecule has 0 saturated carbocycles. The average Bonchev–Trinajstić information content (AvgIpc) is 3.12. The Morgan fingerprint density at radius 2 is 1.85 bits per heavy atom. The van der Waals surface area contributed by atoms with E-state index in [0.29, 0.717) is 15.1 Å². The summed E-state index contributed by atoms with van der Waals surface area (Å²) in [4.78, 5) is 33.5. The number of pyridine rings is 1. The van der Waals surface area contributed by atoms with Crippen molar-refractivity contribution in [2.45, 2.75) is 13.8 Å². The Morgan fingerprint density at radius 3 is 2.70 bits per heavy atom. The van der Waals surface area contributed by atoms with E-state index in [-0.39, 0.29) is 11.1 Å². The predicted octanol–water partition coefficient (Wildman–Crippen LogP) is 2.92. The Labute approximate surface area is 157 Å². The van der Waals surface area contributed by atoms with E-state index >= 15 is 0 Å². The second-order valence-corrected chi connectivity index (χ2v) is 7.72. The van der Waals surface area contributed by atoms with E-state index in [2.05, 4.69) is 9.97 Å². The molecule has 0 spiro atoms. The molecule has 3 heterocycles. The fourth-order valence-corrected chi connectivity index (χ4v) is 4.31. The van der Waals surface area contributed by atoms with Gasteiger partial charge in [-0.05, 0) is 60.7 Å². The SMILES string of the molecule is Cc1cc2nc3sc(=Cc4cc5ccccc5[nH]c4=O)c(=O)n3c2cc1C. The topological polar surface area (TPSA) is 67.2 Å². The number of hydrogen-bond acceptors (Lipinski definition) is 4. The van der Waals surface area contributed by atoms with Crippen molar-refractivity contribution < 1.29 is 0 Å². The molecule has 0 bridgehead atoms. The summed E-state index contributed by atoms with van der Waals surface area (Å²) in [5, 5.41) is 0.925. The molecule has 0 aliphatic rings. The van der Waals surface area contributed by atoms with Gasteiger partial charge in [0.15, 0.2) is 4.96 Å². The van der Waals surface area contributed by atoms with E-state index in [1.807, 2.05) is 56.3 Å². The quantitative estimate of drug-likeness (QED) is 0.491. The molecule has 132 valence electrons. The number of nitrogens with one attached hydrogen (secondary N) is 1. The normalized spacial score (nSPS) is 12.6. The van der Waals surface area contributed by atoms with Crippen molar-refractivity contribution in [3.05, 3.63) is 84.4 Å². The van der Waals surface area contributed by atoms with E-state index in [1.165, 1.54) is 11.3 Å². The fraction of sp³-hybridized carbons (Fsp3) is 0.0952. The van der Waals surface area contributed by atoms with Crippen molar-refractivity contribution >= 4 is 44.3 Å². The standard InChI is InChI=1S/C21H15N3O2S/c1-11-7-16-17(8-12(11)2)24-20(26)18(27-21(24)23-16)10-14-9-13-5-3-4-6-15(13)22-19(14)25/h3-10H,1-2H3,(H,22,25). The van der Waals surface area contributed by atoms with Crippen LogP contribution >= 0.6 is 11.3 Å². The summed E-state index contributed by atoms with van der Waals surface area (Å²) in [7, 11) is 0. The average molecular weight is 373 g/mol. The van der Waals surface area contributed by atoms with Crippen molar-refractivity contribution in [2.75, 3.05) is 0 Å². The Hall–Kier alpha value is -3.25. The fourth-order valence-electron chi connectivity index (χ4n) is 3.33. The van der Waals surface area contributed by atoms with Gasteiger partial charge >= 0.3 is 0 Å². The number of imidazole rings is 1. The summed E-state index contributed by atoms with van der Waals surface area (Å²) in [6, 6.07) is 13.4. The van der Waals surface area contributed by atoms with Crippen LogP contribution in [-0.2, 0) is 0 Å². The molecule has 0 saturated heterocycles. The van der Waals surface area contributed by atoms with Gasteiger partial charge in [-0.15, -0.1) is 0 Å². The largest absolute Gasteiger partial charge is 0.321 e. The van der Waals surface area contributed by atoms with Gasteiger partial charge in [0.25, 0.3) is 11.1 Å². The highest BCUT2D eigenvalue weighted by Crippen LogP contribution is 2.20. The van der Waals surface area contributed by atoms with Gasteiger partial charge in [-0.25, -0.2) is 9.38 Å². The van der Waals surface area contributed by atoms with Crippen LogP contribution in [0.3, 0.4) is 0 Å². The van der Waals surface area contributed by atoms with Crippen molar-refractivity contribution in [3.63, 3.8) is 0 Å². The predicted molar refractivity (Wildman–Crippen MR) is 110 cm³/mol. The highest BCUT2D eigenvalue weighted by Gasteiger charge is 2.12. The van der Waals surface area contributed by atoms with Crippen LogP contribution in [0.15, 0.2) is 52.1 Å². The molecule has 1 N–H and O–H groups in total.